The Kier molecular flexibility index (Phi) is 4.05. The van der Waals surface area contributed by atoms with E-state index in [1.807, 2.05) is 35.9 Å². The largest absolute Gasteiger partial charge is 0.373 e. The van der Waals surface area contributed by atoms with E-state index in [2.05, 4.69) is 5.32 Å². The second-order valence-electron chi connectivity index (χ2n) is 7.20. The molecule has 1 atom stereocenters. The van der Waals surface area contributed by atoms with Gasteiger partial charge in [0, 0.05) is 12.4 Å². The van der Waals surface area contributed by atoms with Crippen LogP contribution in [0.1, 0.15) is 49.0 Å². The van der Waals surface area contributed by atoms with Crippen molar-refractivity contribution >= 4 is 28.4 Å². The first kappa shape index (κ1) is 16.0. The summed E-state index contributed by atoms with van der Waals surface area (Å²) in [4.78, 5) is 12.7. The van der Waals surface area contributed by atoms with E-state index >= 15 is 0 Å². The highest BCUT2D eigenvalue weighted by Crippen LogP contribution is 2.39. The van der Waals surface area contributed by atoms with Crippen molar-refractivity contribution in [3.8, 4) is 0 Å². The summed E-state index contributed by atoms with van der Waals surface area (Å²) in [6.07, 6.45) is 6.97. The van der Waals surface area contributed by atoms with Gasteiger partial charge in [0.2, 0.25) is 0 Å². The first-order chi connectivity index (χ1) is 11.6. The second kappa shape index (κ2) is 6.08. The van der Waals surface area contributed by atoms with E-state index < -0.39 is 0 Å². The summed E-state index contributed by atoms with van der Waals surface area (Å²) in [5.74, 6) is -0.0498. The highest BCUT2D eigenvalue weighted by molar-refractivity contribution is 6.35. The van der Waals surface area contributed by atoms with Crippen molar-refractivity contribution in [3.05, 3.63) is 35.0 Å². The fraction of sp³-hybridized carbons (Fsp3) is 0.526. The summed E-state index contributed by atoms with van der Waals surface area (Å²) in [6, 6.07) is 7.74. The number of benzene rings is 1. The van der Waals surface area contributed by atoms with Crippen LogP contribution in [0.4, 0.5) is 0 Å². The molecule has 2 heterocycles. The van der Waals surface area contributed by atoms with Gasteiger partial charge in [-0.25, -0.2) is 0 Å². The number of ether oxygens (including phenoxy) is 1. The molecule has 1 aliphatic carbocycles. The molecule has 2 aliphatic rings. The number of para-hydroxylation sites is 1. The molecule has 2 aromatic rings. The third-order valence-corrected chi connectivity index (χ3v) is 5.85. The third kappa shape index (κ3) is 2.72. The number of amides is 1. The van der Waals surface area contributed by atoms with Crippen LogP contribution in [0.25, 0.3) is 10.9 Å². The molecule has 1 amide bonds. The van der Waals surface area contributed by atoms with Gasteiger partial charge in [0.15, 0.2) is 0 Å². The fourth-order valence-corrected chi connectivity index (χ4v) is 4.63. The van der Waals surface area contributed by atoms with Crippen LogP contribution >= 0.6 is 11.6 Å². The normalized spacial score (nSPS) is 23.0. The van der Waals surface area contributed by atoms with Crippen LogP contribution in [0.2, 0.25) is 5.02 Å². The van der Waals surface area contributed by atoms with E-state index in [4.69, 9.17) is 16.3 Å². The minimum absolute atomic E-state index is 0.0123. The van der Waals surface area contributed by atoms with Crippen LogP contribution in [0.3, 0.4) is 0 Å². The molecule has 1 saturated heterocycles. The minimum atomic E-state index is -0.0498. The van der Waals surface area contributed by atoms with Crippen LogP contribution in [0.15, 0.2) is 24.3 Å². The highest BCUT2D eigenvalue weighted by Gasteiger charge is 2.41. The standard InChI is InChI=1S/C19H23ClN2O2/c1-22-16(10-13-6-5-7-15(20)17(13)22)18(23)21-14-11-19(24-12-14)8-3-2-4-9-19/h5-7,10,14H,2-4,8-9,11-12H2,1H3,(H,21,23). The fourth-order valence-electron chi connectivity index (χ4n) is 4.33. The van der Waals surface area contributed by atoms with Crippen LogP contribution in [-0.2, 0) is 11.8 Å². The zero-order chi connectivity index (χ0) is 16.7. The number of carbonyl (C=O) groups is 1. The molecule has 1 aromatic carbocycles. The average molecular weight is 347 g/mol. The summed E-state index contributed by atoms with van der Waals surface area (Å²) < 4.78 is 7.97. The lowest BCUT2D eigenvalue weighted by atomic mass is 9.82. The monoisotopic (exact) mass is 346 g/mol. The molecule has 4 nitrogen and oxygen atoms in total. The maximum absolute atomic E-state index is 12.7. The number of fused-ring (bicyclic) bond motifs is 1. The van der Waals surface area contributed by atoms with Gasteiger partial charge in [-0.05, 0) is 31.4 Å². The number of nitrogens with zero attached hydrogens (tertiary/aromatic N) is 1. The zero-order valence-electron chi connectivity index (χ0n) is 14.0. The van der Waals surface area contributed by atoms with E-state index in [0.29, 0.717) is 17.3 Å². The maximum atomic E-state index is 12.7. The lowest BCUT2D eigenvalue weighted by Gasteiger charge is -2.32. The van der Waals surface area contributed by atoms with Crippen molar-refractivity contribution in [3.63, 3.8) is 0 Å². The Bertz CT molecular complexity index is 777. The number of nitrogens with one attached hydrogen (secondary N) is 1. The Morgan fingerprint density at radius 3 is 2.88 bits per heavy atom. The van der Waals surface area contributed by atoms with Crippen molar-refractivity contribution in [2.45, 2.75) is 50.2 Å². The number of rotatable bonds is 2. The van der Waals surface area contributed by atoms with Gasteiger partial charge in [-0.15, -0.1) is 0 Å². The molecule has 5 heteroatoms. The molecule has 1 unspecified atom stereocenters. The van der Waals surface area contributed by atoms with Crippen LogP contribution < -0.4 is 5.32 Å². The van der Waals surface area contributed by atoms with Gasteiger partial charge in [0.1, 0.15) is 5.69 Å². The minimum Gasteiger partial charge on any atom is -0.373 e. The summed E-state index contributed by atoms with van der Waals surface area (Å²) in [5, 5.41) is 4.81. The molecule has 1 aliphatic heterocycles. The van der Waals surface area contributed by atoms with Crippen LogP contribution in [0.5, 0.6) is 0 Å². The Labute approximate surface area is 147 Å². The van der Waals surface area contributed by atoms with Gasteiger partial charge < -0.3 is 14.6 Å². The summed E-state index contributed by atoms with van der Waals surface area (Å²) in [6.45, 7) is 0.621. The van der Waals surface area contributed by atoms with Crippen molar-refractivity contribution in [1.29, 1.82) is 0 Å². The SMILES string of the molecule is Cn1c(C(=O)NC2COC3(CCCCC3)C2)cc2cccc(Cl)c21. The summed E-state index contributed by atoms with van der Waals surface area (Å²) in [5.41, 5.74) is 1.55. The van der Waals surface area contributed by atoms with E-state index in [9.17, 15) is 4.79 Å². The number of hydrogen-bond donors (Lipinski definition) is 1. The van der Waals surface area contributed by atoms with Crippen molar-refractivity contribution < 1.29 is 9.53 Å². The molecule has 2 fully saturated rings. The molecule has 1 aromatic heterocycles. The van der Waals surface area contributed by atoms with E-state index in [1.165, 1.54) is 19.3 Å². The Morgan fingerprint density at radius 1 is 1.33 bits per heavy atom. The van der Waals surface area contributed by atoms with Gasteiger partial charge in [0.25, 0.3) is 5.91 Å². The first-order valence-corrected chi connectivity index (χ1v) is 9.15. The van der Waals surface area contributed by atoms with E-state index in [0.717, 1.165) is 30.2 Å². The number of halogens is 1. The van der Waals surface area contributed by atoms with Gasteiger partial charge in [-0.2, -0.15) is 0 Å². The van der Waals surface area contributed by atoms with Crippen LogP contribution in [-0.4, -0.2) is 28.7 Å². The quantitative estimate of drug-likeness (QED) is 0.891. The molecule has 4 rings (SSSR count). The predicted octanol–water partition coefficient (Wildman–Crippen LogP) is 4.05. The maximum Gasteiger partial charge on any atom is 0.268 e. The number of aryl methyl sites for hydroxylation is 1. The van der Waals surface area contributed by atoms with Crippen molar-refractivity contribution in [1.82, 2.24) is 9.88 Å². The average Bonchev–Trinajstić information content (AvgIpc) is 3.11. The number of carbonyl (C=O) groups excluding carboxylic acids is 1. The Morgan fingerprint density at radius 2 is 2.12 bits per heavy atom. The molecule has 0 bridgehead atoms. The number of hydrogen-bond acceptors (Lipinski definition) is 2. The van der Waals surface area contributed by atoms with Gasteiger partial charge in [-0.1, -0.05) is 43.0 Å². The first-order valence-electron chi connectivity index (χ1n) is 8.77. The molecular weight excluding hydrogens is 324 g/mol. The van der Waals surface area contributed by atoms with Crippen molar-refractivity contribution in [2.75, 3.05) is 6.61 Å². The topological polar surface area (TPSA) is 43.3 Å². The molecule has 1 spiro atoms. The van der Waals surface area contributed by atoms with Crippen molar-refractivity contribution in [2.24, 2.45) is 7.05 Å². The van der Waals surface area contributed by atoms with Gasteiger partial charge >= 0.3 is 0 Å². The molecule has 0 radical (unpaired) electrons. The molecular formula is C19H23ClN2O2. The summed E-state index contributed by atoms with van der Waals surface area (Å²) in [7, 11) is 1.89. The van der Waals surface area contributed by atoms with Gasteiger partial charge in [0.05, 0.1) is 28.8 Å². The Hall–Kier alpha value is -1.52. The van der Waals surface area contributed by atoms with Crippen LogP contribution in [0, 0.1) is 0 Å². The lowest BCUT2D eigenvalue weighted by Crippen LogP contribution is -2.38. The lowest BCUT2D eigenvalue weighted by molar-refractivity contribution is -0.0246. The van der Waals surface area contributed by atoms with Gasteiger partial charge in [-0.3, -0.25) is 4.79 Å². The number of aromatic nitrogens is 1. The molecule has 1 saturated carbocycles. The predicted molar refractivity (Wildman–Crippen MR) is 95.6 cm³/mol. The smallest absolute Gasteiger partial charge is 0.268 e. The Balaban J connectivity index is 1.51. The molecule has 1 N–H and O–H groups in total. The third-order valence-electron chi connectivity index (χ3n) is 5.55. The zero-order valence-corrected chi connectivity index (χ0v) is 14.7. The molecule has 128 valence electrons. The van der Waals surface area contributed by atoms with E-state index in [1.54, 1.807) is 0 Å². The highest BCUT2D eigenvalue weighted by atomic mass is 35.5. The second-order valence-corrected chi connectivity index (χ2v) is 7.60. The van der Waals surface area contributed by atoms with E-state index in [-0.39, 0.29) is 17.6 Å². The summed E-state index contributed by atoms with van der Waals surface area (Å²) >= 11 is 6.28. The molecule has 24 heavy (non-hydrogen) atoms.